The zero-order chi connectivity index (χ0) is 15.4. The van der Waals surface area contributed by atoms with Crippen molar-refractivity contribution < 1.29 is 4.39 Å². The Balaban J connectivity index is 2.31. The summed E-state index contributed by atoms with van der Waals surface area (Å²) in [6.45, 7) is 5.59. The van der Waals surface area contributed by atoms with E-state index in [0.717, 1.165) is 32.5 Å². The highest BCUT2D eigenvalue weighted by molar-refractivity contribution is 6.30. The minimum atomic E-state index is -0.220. The third-order valence-corrected chi connectivity index (χ3v) is 4.59. The van der Waals surface area contributed by atoms with Gasteiger partial charge < -0.3 is 10.6 Å². The van der Waals surface area contributed by atoms with Crippen LogP contribution in [0.2, 0.25) is 5.02 Å². The van der Waals surface area contributed by atoms with Gasteiger partial charge in [0.1, 0.15) is 5.82 Å². The van der Waals surface area contributed by atoms with Crippen LogP contribution in [0.3, 0.4) is 0 Å². The number of hydrogen-bond acceptors (Lipinski definition) is 3. The first-order valence-electron chi connectivity index (χ1n) is 7.66. The van der Waals surface area contributed by atoms with Gasteiger partial charge in [-0.05, 0) is 44.6 Å². The van der Waals surface area contributed by atoms with E-state index in [2.05, 4.69) is 23.8 Å². The lowest BCUT2D eigenvalue weighted by Gasteiger charge is -2.37. The van der Waals surface area contributed by atoms with Crippen LogP contribution >= 0.6 is 11.6 Å². The summed E-state index contributed by atoms with van der Waals surface area (Å²) >= 11 is 6.05. The summed E-state index contributed by atoms with van der Waals surface area (Å²) in [5.41, 5.74) is 6.61. The van der Waals surface area contributed by atoms with Crippen LogP contribution in [0.4, 0.5) is 4.39 Å². The molecule has 5 heteroatoms. The lowest BCUT2D eigenvalue weighted by Crippen LogP contribution is -2.44. The number of hydrogen-bond donors (Lipinski definition) is 1. The van der Waals surface area contributed by atoms with Gasteiger partial charge in [0.2, 0.25) is 0 Å². The smallest absolute Gasteiger partial charge is 0.128 e. The van der Waals surface area contributed by atoms with Crippen molar-refractivity contribution in [1.29, 1.82) is 0 Å². The number of likely N-dealkylation sites (N-methyl/N-ethyl adjacent to an activating group) is 1. The second-order valence-corrected chi connectivity index (χ2v) is 6.27. The van der Waals surface area contributed by atoms with Crippen LogP contribution in [-0.4, -0.2) is 49.1 Å². The van der Waals surface area contributed by atoms with E-state index < -0.39 is 0 Å². The highest BCUT2D eigenvalue weighted by Crippen LogP contribution is 2.29. The topological polar surface area (TPSA) is 32.5 Å². The van der Waals surface area contributed by atoms with Crippen LogP contribution in [-0.2, 0) is 0 Å². The molecule has 0 bridgehead atoms. The fourth-order valence-corrected chi connectivity index (χ4v) is 3.43. The van der Waals surface area contributed by atoms with Crippen LogP contribution < -0.4 is 5.73 Å². The molecule has 2 rings (SSSR count). The Kier molecular flexibility index (Phi) is 5.99. The van der Waals surface area contributed by atoms with Gasteiger partial charge in [-0.25, -0.2) is 4.39 Å². The van der Waals surface area contributed by atoms with E-state index in [1.165, 1.54) is 6.07 Å². The molecule has 0 radical (unpaired) electrons. The minimum Gasteiger partial charge on any atom is -0.329 e. The van der Waals surface area contributed by atoms with Crippen LogP contribution in [0, 0.1) is 5.82 Å². The maximum atomic E-state index is 14.2. The predicted molar refractivity (Wildman–Crippen MR) is 86.1 cm³/mol. The van der Waals surface area contributed by atoms with Crippen molar-refractivity contribution in [2.45, 2.75) is 31.8 Å². The Morgan fingerprint density at radius 2 is 2.19 bits per heavy atom. The summed E-state index contributed by atoms with van der Waals surface area (Å²) in [6.07, 6.45) is 2.11. The van der Waals surface area contributed by atoms with E-state index >= 15 is 0 Å². The molecule has 0 spiro atoms. The molecular weight excluding hydrogens is 289 g/mol. The Morgan fingerprint density at radius 1 is 1.43 bits per heavy atom. The van der Waals surface area contributed by atoms with Crippen molar-refractivity contribution in [1.82, 2.24) is 9.80 Å². The number of nitrogens with two attached hydrogens (primary N) is 1. The molecule has 1 aromatic carbocycles. The predicted octanol–water partition coefficient (Wildman–Crippen LogP) is 2.90. The first-order chi connectivity index (χ1) is 10.1. The molecule has 0 aliphatic carbocycles. The van der Waals surface area contributed by atoms with Crippen molar-refractivity contribution in [3.05, 3.63) is 34.6 Å². The molecular formula is C16H25ClFN3. The van der Waals surface area contributed by atoms with E-state index in [9.17, 15) is 4.39 Å². The molecule has 1 aliphatic heterocycles. The average molecular weight is 314 g/mol. The fraction of sp³-hybridized carbons (Fsp3) is 0.625. The summed E-state index contributed by atoms with van der Waals surface area (Å²) < 4.78 is 14.2. The molecule has 2 N–H and O–H groups in total. The molecule has 1 aliphatic rings. The SMILES string of the molecule is CCC1CN(C)CCCN1C(CN)c1cc(Cl)ccc1F. The monoisotopic (exact) mass is 313 g/mol. The van der Waals surface area contributed by atoms with Gasteiger partial charge in [0.15, 0.2) is 0 Å². The zero-order valence-electron chi connectivity index (χ0n) is 12.9. The van der Waals surface area contributed by atoms with Gasteiger partial charge in [-0.2, -0.15) is 0 Å². The second-order valence-electron chi connectivity index (χ2n) is 5.83. The zero-order valence-corrected chi connectivity index (χ0v) is 13.6. The van der Waals surface area contributed by atoms with E-state index in [4.69, 9.17) is 17.3 Å². The lowest BCUT2D eigenvalue weighted by molar-refractivity contribution is 0.129. The number of rotatable bonds is 4. The Labute approximate surface area is 131 Å². The maximum Gasteiger partial charge on any atom is 0.128 e. The third kappa shape index (κ3) is 3.95. The maximum absolute atomic E-state index is 14.2. The molecule has 0 amide bonds. The average Bonchev–Trinajstić information content (AvgIpc) is 2.65. The summed E-state index contributed by atoms with van der Waals surface area (Å²) in [5.74, 6) is -0.220. The molecule has 0 saturated carbocycles. The number of halogens is 2. The quantitative estimate of drug-likeness (QED) is 0.927. The number of nitrogens with zero attached hydrogens (tertiary/aromatic N) is 2. The highest BCUT2D eigenvalue weighted by atomic mass is 35.5. The van der Waals surface area contributed by atoms with Gasteiger partial charge in [-0.3, -0.25) is 4.90 Å². The molecule has 21 heavy (non-hydrogen) atoms. The van der Waals surface area contributed by atoms with Gasteiger partial charge in [0.25, 0.3) is 0 Å². The summed E-state index contributed by atoms with van der Waals surface area (Å²) in [7, 11) is 2.14. The number of benzene rings is 1. The van der Waals surface area contributed by atoms with Crippen molar-refractivity contribution in [3.63, 3.8) is 0 Å². The Bertz CT molecular complexity index is 469. The molecule has 3 nitrogen and oxygen atoms in total. The first kappa shape index (κ1) is 16.7. The van der Waals surface area contributed by atoms with E-state index in [1.807, 2.05) is 0 Å². The van der Waals surface area contributed by atoms with Gasteiger partial charge in [-0.15, -0.1) is 0 Å². The van der Waals surface area contributed by atoms with Crippen molar-refractivity contribution in [2.75, 3.05) is 33.2 Å². The summed E-state index contributed by atoms with van der Waals surface area (Å²) in [5, 5.41) is 0.560. The van der Waals surface area contributed by atoms with Gasteiger partial charge in [-0.1, -0.05) is 18.5 Å². The second kappa shape index (κ2) is 7.54. The summed E-state index contributed by atoms with van der Waals surface area (Å²) in [4.78, 5) is 4.70. The highest BCUT2D eigenvalue weighted by Gasteiger charge is 2.30. The first-order valence-corrected chi connectivity index (χ1v) is 8.04. The molecule has 2 unspecified atom stereocenters. The Hall–Kier alpha value is -0.680. The Morgan fingerprint density at radius 3 is 2.86 bits per heavy atom. The molecule has 1 aromatic rings. The molecule has 1 heterocycles. The fourth-order valence-electron chi connectivity index (χ4n) is 3.25. The standard InChI is InChI=1S/C16H25ClFN3/c1-3-13-11-20(2)7-4-8-21(13)16(10-19)14-9-12(17)5-6-15(14)18/h5-6,9,13,16H,3-4,7-8,10-11,19H2,1-2H3. The molecule has 0 aromatic heterocycles. The van der Waals surface area contributed by atoms with Gasteiger partial charge in [0.05, 0.1) is 6.04 Å². The van der Waals surface area contributed by atoms with Crippen molar-refractivity contribution in [3.8, 4) is 0 Å². The van der Waals surface area contributed by atoms with Crippen LogP contribution in [0.25, 0.3) is 0 Å². The molecule has 2 atom stereocenters. The largest absolute Gasteiger partial charge is 0.329 e. The van der Waals surface area contributed by atoms with Gasteiger partial charge >= 0.3 is 0 Å². The van der Waals surface area contributed by atoms with Crippen LogP contribution in [0.1, 0.15) is 31.4 Å². The molecule has 118 valence electrons. The molecule has 1 saturated heterocycles. The normalized spacial score (nSPS) is 23.0. The van der Waals surface area contributed by atoms with E-state index in [0.29, 0.717) is 23.2 Å². The van der Waals surface area contributed by atoms with Crippen molar-refractivity contribution >= 4 is 11.6 Å². The van der Waals surface area contributed by atoms with E-state index in [-0.39, 0.29) is 11.9 Å². The third-order valence-electron chi connectivity index (χ3n) is 4.36. The van der Waals surface area contributed by atoms with Crippen LogP contribution in [0.5, 0.6) is 0 Å². The van der Waals surface area contributed by atoms with Gasteiger partial charge in [0, 0.05) is 36.3 Å². The lowest BCUT2D eigenvalue weighted by atomic mass is 10.0. The van der Waals surface area contributed by atoms with Crippen molar-refractivity contribution in [2.24, 2.45) is 5.73 Å². The van der Waals surface area contributed by atoms with E-state index in [1.54, 1.807) is 12.1 Å². The summed E-state index contributed by atoms with van der Waals surface area (Å²) in [6, 6.07) is 5.02. The minimum absolute atomic E-state index is 0.111. The van der Waals surface area contributed by atoms with Crippen LogP contribution in [0.15, 0.2) is 18.2 Å². The molecule has 1 fully saturated rings.